The molecule has 0 aliphatic heterocycles. The normalized spacial score (nSPS) is 21.9. The van der Waals surface area contributed by atoms with Gasteiger partial charge in [0.25, 0.3) is 5.91 Å². The number of hydrogen-bond donors (Lipinski definition) is 1. The molecule has 1 unspecified atom stereocenters. The van der Waals surface area contributed by atoms with Gasteiger partial charge in [-0.1, -0.05) is 23.8 Å². The third-order valence-electron chi connectivity index (χ3n) is 5.26. The molecule has 1 aliphatic carbocycles. The van der Waals surface area contributed by atoms with Crippen LogP contribution in [0.3, 0.4) is 0 Å². The van der Waals surface area contributed by atoms with E-state index in [-0.39, 0.29) is 5.91 Å². The molecule has 0 saturated heterocycles. The second-order valence-corrected chi connectivity index (χ2v) is 8.35. The summed E-state index contributed by atoms with van der Waals surface area (Å²) in [5.41, 5.74) is 1.94. The van der Waals surface area contributed by atoms with Crippen LogP contribution in [0.1, 0.15) is 52.5 Å². The minimum Gasteiger partial charge on any atom is -0.349 e. The first-order chi connectivity index (χ1) is 12.0. The molecule has 3 rings (SSSR count). The number of aryl methyl sites for hydroxylation is 1. The number of amides is 1. The molecule has 0 bridgehead atoms. The Hall–Kier alpha value is -1.65. The average Bonchev–Trinajstić information content (AvgIpc) is 3.11. The zero-order chi connectivity index (χ0) is 17.8. The van der Waals surface area contributed by atoms with Crippen molar-refractivity contribution in [2.45, 2.75) is 44.7 Å². The summed E-state index contributed by atoms with van der Waals surface area (Å²) >= 11 is 1.85. The maximum Gasteiger partial charge on any atom is 0.251 e. The largest absolute Gasteiger partial charge is 0.349 e. The fourth-order valence-corrected chi connectivity index (χ4v) is 4.94. The van der Waals surface area contributed by atoms with Crippen molar-refractivity contribution in [3.05, 3.63) is 57.8 Å². The highest BCUT2D eigenvalue weighted by atomic mass is 32.1. The van der Waals surface area contributed by atoms with E-state index in [0.29, 0.717) is 18.0 Å². The summed E-state index contributed by atoms with van der Waals surface area (Å²) in [6.45, 7) is 2.04. The molecule has 1 fully saturated rings. The van der Waals surface area contributed by atoms with E-state index in [0.717, 1.165) is 18.4 Å². The molecule has 3 nitrogen and oxygen atoms in total. The van der Waals surface area contributed by atoms with Gasteiger partial charge in [0, 0.05) is 22.5 Å². The van der Waals surface area contributed by atoms with Crippen molar-refractivity contribution >= 4 is 17.2 Å². The summed E-state index contributed by atoms with van der Waals surface area (Å²) in [5.74, 6) is 0.729. The lowest BCUT2D eigenvalue weighted by atomic mass is 9.80. The Morgan fingerprint density at radius 2 is 1.80 bits per heavy atom. The van der Waals surface area contributed by atoms with E-state index in [2.05, 4.69) is 41.8 Å². The van der Waals surface area contributed by atoms with Gasteiger partial charge in [0.15, 0.2) is 0 Å². The van der Waals surface area contributed by atoms with Crippen molar-refractivity contribution in [2.75, 3.05) is 14.1 Å². The smallest absolute Gasteiger partial charge is 0.251 e. The number of rotatable bonds is 5. The molecule has 25 heavy (non-hydrogen) atoms. The first-order valence-corrected chi connectivity index (χ1v) is 10.00. The number of hydrogen-bond acceptors (Lipinski definition) is 3. The van der Waals surface area contributed by atoms with Gasteiger partial charge in [-0.3, -0.25) is 4.79 Å². The third kappa shape index (κ3) is 4.50. The predicted octanol–water partition coefficient (Wildman–Crippen LogP) is 4.65. The summed E-state index contributed by atoms with van der Waals surface area (Å²) in [6, 6.07) is 13.0. The molecular formula is C21H28N2OS. The van der Waals surface area contributed by atoms with Crippen LogP contribution in [0.15, 0.2) is 41.8 Å². The number of benzene rings is 1. The maximum atomic E-state index is 12.4. The third-order valence-corrected chi connectivity index (χ3v) is 6.20. The van der Waals surface area contributed by atoms with Crippen LogP contribution in [-0.2, 0) is 0 Å². The second-order valence-electron chi connectivity index (χ2n) is 7.38. The predicted molar refractivity (Wildman–Crippen MR) is 105 cm³/mol. The zero-order valence-corrected chi connectivity index (χ0v) is 16.2. The minimum absolute atomic E-state index is 0.0610. The van der Waals surface area contributed by atoms with Gasteiger partial charge in [0.1, 0.15) is 0 Å². The molecule has 0 spiro atoms. The Bertz CT molecular complexity index is 670. The van der Waals surface area contributed by atoms with Crippen LogP contribution in [0, 0.1) is 12.8 Å². The van der Waals surface area contributed by atoms with E-state index in [1.807, 2.05) is 42.5 Å². The van der Waals surface area contributed by atoms with Crippen molar-refractivity contribution < 1.29 is 4.79 Å². The Balaban J connectivity index is 1.56. The minimum atomic E-state index is 0.0610. The zero-order valence-electron chi connectivity index (χ0n) is 15.4. The van der Waals surface area contributed by atoms with Crippen molar-refractivity contribution in [1.82, 2.24) is 10.2 Å². The van der Waals surface area contributed by atoms with E-state index in [1.54, 1.807) is 0 Å². The number of thiophene rings is 1. The molecule has 0 radical (unpaired) electrons. The van der Waals surface area contributed by atoms with Gasteiger partial charge in [-0.2, -0.15) is 0 Å². The lowest BCUT2D eigenvalue weighted by Crippen LogP contribution is -2.39. The Labute approximate surface area is 155 Å². The SMILES string of the molecule is Cc1ccc(C(=O)NC2CCC(C(c3cccs3)N(C)C)CC2)cc1. The van der Waals surface area contributed by atoms with E-state index in [9.17, 15) is 4.79 Å². The lowest BCUT2D eigenvalue weighted by Gasteiger charge is -2.37. The van der Waals surface area contributed by atoms with E-state index < -0.39 is 0 Å². The second kappa shape index (κ2) is 8.15. The summed E-state index contributed by atoms with van der Waals surface area (Å²) in [4.78, 5) is 16.2. The van der Waals surface area contributed by atoms with Crippen LogP contribution in [0.5, 0.6) is 0 Å². The van der Waals surface area contributed by atoms with Crippen LogP contribution in [0.4, 0.5) is 0 Å². The number of nitrogens with one attached hydrogen (secondary N) is 1. The molecular weight excluding hydrogens is 328 g/mol. The van der Waals surface area contributed by atoms with Crippen molar-refractivity contribution in [2.24, 2.45) is 5.92 Å². The lowest BCUT2D eigenvalue weighted by molar-refractivity contribution is 0.0907. The molecule has 1 aromatic heterocycles. The molecule has 134 valence electrons. The average molecular weight is 357 g/mol. The molecule has 1 amide bonds. The highest BCUT2D eigenvalue weighted by Crippen LogP contribution is 2.39. The molecule has 1 heterocycles. The molecule has 1 aliphatic rings. The number of nitrogens with zero attached hydrogens (tertiary/aromatic N) is 1. The number of carbonyl (C=O) groups excluding carboxylic acids is 1. The van der Waals surface area contributed by atoms with Crippen LogP contribution < -0.4 is 5.32 Å². The molecule has 2 aromatic rings. The molecule has 1 N–H and O–H groups in total. The van der Waals surface area contributed by atoms with Gasteiger partial charge in [-0.15, -0.1) is 11.3 Å². The van der Waals surface area contributed by atoms with Crippen molar-refractivity contribution in [3.8, 4) is 0 Å². The van der Waals surface area contributed by atoms with E-state index in [4.69, 9.17) is 0 Å². The van der Waals surface area contributed by atoms with Crippen LogP contribution in [-0.4, -0.2) is 30.9 Å². The molecule has 1 atom stereocenters. The van der Waals surface area contributed by atoms with Crippen molar-refractivity contribution in [3.63, 3.8) is 0 Å². The highest BCUT2D eigenvalue weighted by Gasteiger charge is 2.31. The highest BCUT2D eigenvalue weighted by molar-refractivity contribution is 7.10. The first kappa shape index (κ1) is 18.2. The topological polar surface area (TPSA) is 32.3 Å². The maximum absolute atomic E-state index is 12.4. The Morgan fingerprint density at radius 3 is 2.36 bits per heavy atom. The molecule has 4 heteroatoms. The molecule has 1 saturated carbocycles. The van der Waals surface area contributed by atoms with Gasteiger partial charge in [-0.05, 0) is 76.2 Å². The van der Waals surface area contributed by atoms with Crippen LogP contribution >= 0.6 is 11.3 Å². The summed E-state index contributed by atoms with van der Waals surface area (Å²) in [5, 5.41) is 5.39. The van der Waals surface area contributed by atoms with Crippen molar-refractivity contribution in [1.29, 1.82) is 0 Å². The summed E-state index contributed by atoms with van der Waals surface area (Å²) in [6.07, 6.45) is 4.47. The van der Waals surface area contributed by atoms with Gasteiger partial charge in [0.05, 0.1) is 0 Å². The van der Waals surface area contributed by atoms with Crippen LogP contribution in [0.25, 0.3) is 0 Å². The Kier molecular flexibility index (Phi) is 5.92. The fraction of sp³-hybridized carbons (Fsp3) is 0.476. The van der Waals surface area contributed by atoms with E-state index in [1.165, 1.54) is 23.3 Å². The van der Waals surface area contributed by atoms with Gasteiger partial charge >= 0.3 is 0 Å². The molecule has 1 aromatic carbocycles. The van der Waals surface area contributed by atoms with E-state index >= 15 is 0 Å². The standard InChI is InChI=1S/C21H28N2OS/c1-15-6-8-17(9-7-15)21(24)22-18-12-10-16(11-13-18)20(23(2)3)19-5-4-14-25-19/h4-9,14,16,18,20H,10-13H2,1-3H3,(H,22,24). The first-order valence-electron chi connectivity index (χ1n) is 9.12. The number of carbonyl (C=O) groups is 1. The van der Waals surface area contributed by atoms with Crippen LogP contribution in [0.2, 0.25) is 0 Å². The van der Waals surface area contributed by atoms with Gasteiger partial charge < -0.3 is 10.2 Å². The summed E-state index contributed by atoms with van der Waals surface area (Å²) in [7, 11) is 4.35. The quantitative estimate of drug-likeness (QED) is 0.846. The van der Waals surface area contributed by atoms with Gasteiger partial charge in [-0.25, -0.2) is 0 Å². The summed E-state index contributed by atoms with van der Waals surface area (Å²) < 4.78 is 0. The Morgan fingerprint density at radius 1 is 1.12 bits per heavy atom. The monoisotopic (exact) mass is 356 g/mol. The van der Waals surface area contributed by atoms with Gasteiger partial charge in [0.2, 0.25) is 0 Å². The fourth-order valence-electron chi connectivity index (χ4n) is 3.92.